The van der Waals surface area contributed by atoms with Gasteiger partial charge in [-0.15, -0.1) is 6.58 Å². The summed E-state index contributed by atoms with van der Waals surface area (Å²) in [6.45, 7) is 5.39. The number of nitrogens with zero attached hydrogens (tertiary/aromatic N) is 2. The van der Waals surface area contributed by atoms with Crippen molar-refractivity contribution in [1.29, 1.82) is 0 Å². The van der Waals surface area contributed by atoms with Gasteiger partial charge in [-0.1, -0.05) is 54.6 Å². The lowest BCUT2D eigenvalue weighted by Gasteiger charge is -2.33. The Morgan fingerprint density at radius 2 is 1.73 bits per heavy atom. The third kappa shape index (κ3) is 5.66. The largest absolute Gasteiger partial charge is 0.339 e. The molecule has 0 bridgehead atoms. The first-order chi connectivity index (χ1) is 14.6. The van der Waals surface area contributed by atoms with Crippen LogP contribution in [0.2, 0.25) is 0 Å². The van der Waals surface area contributed by atoms with Gasteiger partial charge in [0.2, 0.25) is 11.8 Å². The molecule has 2 amide bonds. The number of carbonyl (C=O) groups is 2. The van der Waals surface area contributed by atoms with E-state index in [2.05, 4.69) is 6.58 Å². The van der Waals surface area contributed by atoms with Gasteiger partial charge in [0.05, 0.1) is 0 Å². The molecule has 0 aromatic heterocycles. The summed E-state index contributed by atoms with van der Waals surface area (Å²) in [5.74, 6) is -0.534. The molecule has 0 N–H and O–H groups in total. The highest BCUT2D eigenvalue weighted by Crippen LogP contribution is 2.22. The Morgan fingerprint density at radius 3 is 2.40 bits per heavy atom. The fourth-order valence-electron chi connectivity index (χ4n) is 3.66. The summed E-state index contributed by atoms with van der Waals surface area (Å²) in [4.78, 5) is 28.9. The smallest absolute Gasteiger partial charge is 0.246 e. The Kier molecular flexibility index (Phi) is 7.55. The van der Waals surface area contributed by atoms with Crippen LogP contribution in [-0.2, 0) is 16.1 Å². The molecule has 3 rings (SSSR count). The maximum Gasteiger partial charge on any atom is 0.246 e. The number of hydrogen-bond acceptors (Lipinski definition) is 2. The van der Waals surface area contributed by atoms with Crippen LogP contribution < -0.4 is 0 Å². The third-order valence-electron chi connectivity index (χ3n) is 5.35. The Morgan fingerprint density at radius 1 is 1.07 bits per heavy atom. The molecule has 1 fully saturated rings. The molecule has 4 nitrogen and oxygen atoms in total. The number of amides is 2. The number of benzene rings is 2. The summed E-state index contributed by atoms with van der Waals surface area (Å²) >= 11 is 0. The summed E-state index contributed by atoms with van der Waals surface area (Å²) in [6.07, 6.45) is 6.26. The van der Waals surface area contributed by atoms with Crippen molar-refractivity contribution < 1.29 is 14.0 Å². The summed E-state index contributed by atoms with van der Waals surface area (Å²) in [7, 11) is 0. The van der Waals surface area contributed by atoms with E-state index >= 15 is 0 Å². The van der Waals surface area contributed by atoms with Crippen molar-refractivity contribution >= 4 is 17.9 Å². The fraction of sp³-hybridized carbons (Fsp3) is 0.280. The second-order valence-corrected chi connectivity index (χ2v) is 7.44. The van der Waals surface area contributed by atoms with Gasteiger partial charge in [0, 0.05) is 43.7 Å². The standard InChI is InChI=1S/C25H27FN2O2/c1-2-16-28(19-22-10-6-7-11-23(22)26)25(30)21-14-17-27(18-15-21)24(29)13-12-20-8-4-3-5-9-20/h2-13,21H,1,14-19H2/b13-12+. The Balaban J connectivity index is 1.56. The van der Waals surface area contributed by atoms with Gasteiger partial charge in [-0.05, 0) is 30.5 Å². The zero-order valence-electron chi connectivity index (χ0n) is 17.0. The number of halogens is 1. The molecule has 0 radical (unpaired) electrons. The van der Waals surface area contributed by atoms with E-state index in [9.17, 15) is 14.0 Å². The van der Waals surface area contributed by atoms with Crippen LogP contribution in [0.15, 0.2) is 73.3 Å². The van der Waals surface area contributed by atoms with Gasteiger partial charge < -0.3 is 9.80 Å². The van der Waals surface area contributed by atoms with Crippen LogP contribution in [0.3, 0.4) is 0 Å². The van der Waals surface area contributed by atoms with Gasteiger partial charge in [-0.3, -0.25) is 9.59 Å². The Bertz CT molecular complexity index is 902. The van der Waals surface area contributed by atoms with Gasteiger partial charge in [0.1, 0.15) is 5.82 Å². The van der Waals surface area contributed by atoms with Crippen LogP contribution in [0.4, 0.5) is 4.39 Å². The summed E-state index contributed by atoms with van der Waals surface area (Å²) in [5.41, 5.74) is 1.47. The van der Waals surface area contributed by atoms with Crippen molar-refractivity contribution in [1.82, 2.24) is 9.80 Å². The highest BCUT2D eigenvalue weighted by molar-refractivity contribution is 5.92. The summed E-state index contributed by atoms with van der Waals surface area (Å²) in [5, 5.41) is 0. The summed E-state index contributed by atoms with van der Waals surface area (Å²) in [6, 6.07) is 16.2. The number of hydrogen-bond donors (Lipinski definition) is 0. The first-order valence-electron chi connectivity index (χ1n) is 10.2. The fourth-order valence-corrected chi connectivity index (χ4v) is 3.66. The number of piperidine rings is 1. The first kappa shape index (κ1) is 21.5. The zero-order valence-corrected chi connectivity index (χ0v) is 17.0. The van der Waals surface area contributed by atoms with Crippen LogP contribution >= 0.6 is 0 Å². The lowest BCUT2D eigenvalue weighted by Crippen LogP contribution is -2.44. The number of likely N-dealkylation sites (tertiary alicyclic amines) is 1. The van der Waals surface area contributed by atoms with Gasteiger partial charge in [0.15, 0.2) is 0 Å². The molecular weight excluding hydrogens is 379 g/mol. The van der Waals surface area contributed by atoms with Crippen molar-refractivity contribution in [2.75, 3.05) is 19.6 Å². The van der Waals surface area contributed by atoms with E-state index in [1.165, 1.54) is 6.07 Å². The lowest BCUT2D eigenvalue weighted by molar-refractivity contribution is -0.139. The number of carbonyl (C=O) groups excluding carboxylic acids is 2. The highest BCUT2D eigenvalue weighted by Gasteiger charge is 2.29. The second kappa shape index (κ2) is 10.5. The molecule has 2 aromatic carbocycles. The maximum atomic E-state index is 14.0. The molecule has 0 spiro atoms. The highest BCUT2D eigenvalue weighted by atomic mass is 19.1. The van der Waals surface area contributed by atoms with Crippen molar-refractivity contribution in [2.45, 2.75) is 19.4 Å². The zero-order chi connectivity index (χ0) is 21.3. The van der Waals surface area contributed by atoms with Crippen LogP contribution in [0.1, 0.15) is 24.0 Å². The quantitative estimate of drug-likeness (QED) is 0.508. The topological polar surface area (TPSA) is 40.6 Å². The lowest BCUT2D eigenvalue weighted by atomic mass is 9.94. The number of rotatable bonds is 7. The van der Waals surface area contributed by atoms with Crippen molar-refractivity contribution in [2.24, 2.45) is 5.92 Å². The van der Waals surface area contributed by atoms with Gasteiger partial charge >= 0.3 is 0 Å². The molecule has 1 heterocycles. The molecule has 5 heteroatoms. The molecule has 0 atom stereocenters. The van der Waals surface area contributed by atoms with Gasteiger partial charge in [-0.2, -0.15) is 0 Å². The van der Waals surface area contributed by atoms with Crippen molar-refractivity contribution in [3.8, 4) is 0 Å². The molecule has 1 saturated heterocycles. The Labute approximate surface area is 177 Å². The first-order valence-corrected chi connectivity index (χ1v) is 10.2. The minimum atomic E-state index is -0.315. The minimum Gasteiger partial charge on any atom is -0.339 e. The van der Waals surface area contributed by atoms with Crippen molar-refractivity contribution in [3.05, 3.63) is 90.3 Å². The molecule has 2 aromatic rings. The van der Waals surface area contributed by atoms with E-state index in [1.54, 1.807) is 46.2 Å². The van der Waals surface area contributed by atoms with Crippen LogP contribution in [0.25, 0.3) is 6.08 Å². The maximum absolute atomic E-state index is 14.0. The predicted octanol–water partition coefficient (Wildman–Crippen LogP) is 4.29. The van der Waals surface area contributed by atoms with E-state index in [-0.39, 0.29) is 30.1 Å². The van der Waals surface area contributed by atoms with E-state index in [1.807, 2.05) is 30.3 Å². The van der Waals surface area contributed by atoms with Gasteiger partial charge in [-0.25, -0.2) is 4.39 Å². The van der Waals surface area contributed by atoms with Crippen LogP contribution in [0.5, 0.6) is 0 Å². The van der Waals surface area contributed by atoms with E-state index in [4.69, 9.17) is 0 Å². The molecule has 1 aliphatic rings. The SMILES string of the molecule is C=CCN(Cc1ccccc1F)C(=O)C1CCN(C(=O)/C=C/c2ccccc2)CC1. The molecule has 0 aliphatic carbocycles. The molecule has 30 heavy (non-hydrogen) atoms. The van der Waals surface area contributed by atoms with Crippen LogP contribution in [-0.4, -0.2) is 41.2 Å². The average Bonchev–Trinajstić information content (AvgIpc) is 2.79. The molecule has 1 aliphatic heterocycles. The van der Waals surface area contributed by atoms with Gasteiger partial charge in [0.25, 0.3) is 0 Å². The molecular formula is C25H27FN2O2. The molecule has 156 valence electrons. The Hall–Kier alpha value is -3.21. The van der Waals surface area contributed by atoms with E-state index < -0.39 is 0 Å². The monoisotopic (exact) mass is 406 g/mol. The third-order valence-corrected chi connectivity index (χ3v) is 5.35. The minimum absolute atomic E-state index is 0.00919. The van der Waals surface area contributed by atoms with E-state index in [0.717, 1.165) is 5.56 Å². The molecule has 0 saturated carbocycles. The van der Waals surface area contributed by atoms with E-state index in [0.29, 0.717) is 38.0 Å². The predicted molar refractivity (Wildman–Crippen MR) is 117 cm³/mol. The average molecular weight is 407 g/mol. The second-order valence-electron chi connectivity index (χ2n) is 7.44. The normalized spacial score (nSPS) is 14.6. The summed E-state index contributed by atoms with van der Waals surface area (Å²) < 4.78 is 14.0. The van der Waals surface area contributed by atoms with Crippen molar-refractivity contribution in [3.63, 3.8) is 0 Å². The molecule has 0 unspecified atom stereocenters. The van der Waals surface area contributed by atoms with Crippen LogP contribution in [0, 0.1) is 11.7 Å².